The first-order valence-electron chi connectivity index (χ1n) is 10.8. The van der Waals surface area contributed by atoms with Gasteiger partial charge >= 0.3 is 12.4 Å². The summed E-state index contributed by atoms with van der Waals surface area (Å²) in [6.07, 6.45) is 1.50. The lowest BCUT2D eigenvalue weighted by Crippen LogP contribution is -2.45. The second-order valence-electron chi connectivity index (χ2n) is 8.65. The fourth-order valence-corrected chi connectivity index (χ4v) is 4.75. The molecule has 2 saturated heterocycles. The summed E-state index contributed by atoms with van der Waals surface area (Å²) < 4.78 is 4.52. The van der Waals surface area contributed by atoms with Gasteiger partial charge in [0, 0.05) is 31.2 Å². The number of likely N-dealkylation sites (tertiary alicyclic amines) is 1. The smallest absolute Gasteiger partial charge is 0.316 e. The van der Waals surface area contributed by atoms with Crippen molar-refractivity contribution in [1.29, 1.82) is 0 Å². The number of anilines is 1. The standard InChI is InChI=1S/C25H30N2O3/c1-18-12-21(22-14-27(15-22)23-6-4-3-5-7-23)13-19(2)24(18)16-26-10-8-20(9-11-26)25(29)30-17-28/h3-7,12-13,17,20,22H,8-11,14-16H2,1-2H3. The highest BCUT2D eigenvalue weighted by atomic mass is 16.6. The third-order valence-corrected chi connectivity index (χ3v) is 6.66. The predicted molar refractivity (Wildman–Crippen MR) is 117 cm³/mol. The van der Waals surface area contributed by atoms with Crippen molar-refractivity contribution in [1.82, 2.24) is 4.90 Å². The Morgan fingerprint density at radius 1 is 1.07 bits per heavy atom. The van der Waals surface area contributed by atoms with Crippen molar-refractivity contribution >= 4 is 18.1 Å². The predicted octanol–water partition coefficient (Wildman–Crippen LogP) is 3.82. The Hall–Kier alpha value is -2.66. The zero-order valence-electron chi connectivity index (χ0n) is 17.8. The highest BCUT2D eigenvalue weighted by Gasteiger charge is 2.30. The normalized spacial score (nSPS) is 18.1. The van der Waals surface area contributed by atoms with Gasteiger partial charge in [-0.05, 0) is 74.2 Å². The molecule has 30 heavy (non-hydrogen) atoms. The van der Waals surface area contributed by atoms with E-state index in [2.05, 4.69) is 70.8 Å². The van der Waals surface area contributed by atoms with Crippen LogP contribution in [0.15, 0.2) is 42.5 Å². The Bertz CT molecular complexity index is 875. The van der Waals surface area contributed by atoms with E-state index < -0.39 is 0 Å². The van der Waals surface area contributed by atoms with Crippen molar-refractivity contribution in [2.45, 2.75) is 39.2 Å². The van der Waals surface area contributed by atoms with Crippen molar-refractivity contribution < 1.29 is 14.3 Å². The number of piperidine rings is 1. The van der Waals surface area contributed by atoms with Crippen molar-refractivity contribution in [3.8, 4) is 0 Å². The number of carbonyl (C=O) groups excluding carboxylic acids is 2. The average Bonchev–Trinajstić information content (AvgIpc) is 2.71. The number of rotatable bonds is 6. The molecule has 158 valence electrons. The number of hydrogen-bond acceptors (Lipinski definition) is 5. The van der Waals surface area contributed by atoms with Crippen LogP contribution < -0.4 is 4.90 Å². The van der Waals surface area contributed by atoms with Crippen LogP contribution in [-0.4, -0.2) is 43.5 Å². The average molecular weight is 407 g/mol. The summed E-state index contributed by atoms with van der Waals surface area (Å²) in [6.45, 7) is 9.45. The first-order valence-corrected chi connectivity index (χ1v) is 10.8. The molecule has 2 fully saturated rings. The molecule has 2 aliphatic heterocycles. The number of benzene rings is 2. The van der Waals surface area contributed by atoms with Crippen LogP contribution in [0.4, 0.5) is 5.69 Å². The third kappa shape index (κ3) is 4.41. The molecule has 5 heteroatoms. The Labute approximate surface area is 178 Å². The monoisotopic (exact) mass is 406 g/mol. The van der Waals surface area contributed by atoms with Gasteiger partial charge in [-0.2, -0.15) is 0 Å². The summed E-state index contributed by atoms with van der Waals surface area (Å²) in [5.74, 6) is 0.0600. The molecule has 0 aliphatic carbocycles. The van der Waals surface area contributed by atoms with Crippen molar-refractivity contribution in [3.05, 3.63) is 64.7 Å². The number of nitrogens with zero attached hydrogens (tertiary/aromatic N) is 2. The van der Waals surface area contributed by atoms with E-state index in [4.69, 9.17) is 0 Å². The van der Waals surface area contributed by atoms with Crippen molar-refractivity contribution in [2.24, 2.45) is 5.92 Å². The maximum Gasteiger partial charge on any atom is 0.316 e. The first-order chi connectivity index (χ1) is 14.5. The third-order valence-electron chi connectivity index (χ3n) is 6.66. The fourth-order valence-electron chi connectivity index (χ4n) is 4.75. The quantitative estimate of drug-likeness (QED) is 0.415. The van der Waals surface area contributed by atoms with Gasteiger partial charge in [0.15, 0.2) is 0 Å². The van der Waals surface area contributed by atoms with Gasteiger partial charge in [0.25, 0.3) is 0 Å². The highest BCUT2D eigenvalue weighted by Crippen LogP contribution is 2.33. The second kappa shape index (κ2) is 9.00. The molecule has 4 rings (SSSR count). The largest absolute Gasteiger partial charge is 0.395 e. The van der Waals surface area contributed by atoms with Crippen LogP contribution >= 0.6 is 0 Å². The minimum Gasteiger partial charge on any atom is -0.395 e. The molecule has 2 aliphatic rings. The molecule has 0 spiro atoms. The summed E-state index contributed by atoms with van der Waals surface area (Å²) >= 11 is 0. The number of ether oxygens (including phenoxy) is 1. The van der Waals surface area contributed by atoms with Gasteiger partial charge in [0.05, 0.1) is 5.92 Å². The highest BCUT2D eigenvalue weighted by molar-refractivity contribution is 5.78. The Morgan fingerprint density at radius 2 is 1.70 bits per heavy atom. The van der Waals surface area contributed by atoms with Crippen LogP contribution in [0.5, 0.6) is 0 Å². The van der Waals surface area contributed by atoms with Crippen LogP contribution in [0.1, 0.15) is 41.0 Å². The van der Waals surface area contributed by atoms with Gasteiger partial charge in [-0.1, -0.05) is 30.3 Å². The van der Waals surface area contributed by atoms with Gasteiger partial charge in [-0.15, -0.1) is 0 Å². The van der Waals surface area contributed by atoms with Gasteiger partial charge in [0.1, 0.15) is 0 Å². The summed E-state index contributed by atoms with van der Waals surface area (Å²) in [5, 5.41) is 0. The molecule has 0 amide bonds. The number of hydrogen-bond donors (Lipinski definition) is 0. The Kier molecular flexibility index (Phi) is 6.18. The Balaban J connectivity index is 1.35. The second-order valence-corrected chi connectivity index (χ2v) is 8.65. The van der Waals surface area contributed by atoms with Crippen molar-refractivity contribution in [2.75, 3.05) is 31.1 Å². The zero-order chi connectivity index (χ0) is 21.1. The summed E-state index contributed by atoms with van der Waals surface area (Å²) in [7, 11) is 0. The molecule has 0 unspecified atom stereocenters. The fraction of sp³-hybridized carbons (Fsp3) is 0.440. The number of aryl methyl sites for hydroxylation is 2. The summed E-state index contributed by atoms with van der Waals surface area (Å²) in [6, 6.07) is 15.3. The lowest BCUT2D eigenvalue weighted by molar-refractivity contribution is -0.156. The molecule has 0 N–H and O–H groups in total. The van der Waals surface area contributed by atoms with Crippen LogP contribution in [-0.2, 0) is 20.9 Å². The SMILES string of the molecule is Cc1cc(C2CN(c3ccccc3)C2)cc(C)c1CN1CCC(C(=O)OC=O)CC1. The van der Waals surface area contributed by atoms with E-state index in [1.807, 2.05) is 0 Å². The maximum absolute atomic E-state index is 11.7. The van der Waals surface area contributed by atoms with E-state index in [0.29, 0.717) is 5.92 Å². The molecule has 0 aromatic heterocycles. The molecule has 2 aromatic rings. The number of carbonyl (C=O) groups is 2. The van der Waals surface area contributed by atoms with E-state index in [1.54, 1.807) is 0 Å². The van der Waals surface area contributed by atoms with Crippen LogP contribution in [0.2, 0.25) is 0 Å². The van der Waals surface area contributed by atoms with Gasteiger partial charge in [-0.25, -0.2) is 0 Å². The van der Waals surface area contributed by atoms with E-state index in [-0.39, 0.29) is 18.4 Å². The van der Waals surface area contributed by atoms with E-state index in [1.165, 1.54) is 27.9 Å². The Morgan fingerprint density at radius 3 is 2.30 bits per heavy atom. The van der Waals surface area contributed by atoms with Gasteiger partial charge < -0.3 is 9.64 Å². The lowest BCUT2D eigenvalue weighted by Gasteiger charge is -2.42. The number of para-hydroxylation sites is 1. The number of esters is 1. The van der Waals surface area contributed by atoms with E-state index in [0.717, 1.165) is 45.6 Å². The minimum absolute atomic E-state index is 0.151. The van der Waals surface area contributed by atoms with Crippen LogP contribution in [0.3, 0.4) is 0 Å². The molecule has 0 saturated carbocycles. The van der Waals surface area contributed by atoms with E-state index >= 15 is 0 Å². The molecule has 0 bridgehead atoms. The van der Waals surface area contributed by atoms with Gasteiger partial charge in [-0.3, -0.25) is 14.5 Å². The van der Waals surface area contributed by atoms with E-state index in [9.17, 15) is 9.59 Å². The zero-order valence-corrected chi connectivity index (χ0v) is 17.8. The molecule has 5 nitrogen and oxygen atoms in total. The summed E-state index contributed by atoms with van der Waals surface area (Å²) in [4.78, 5) is 27.0. The van der Waals surface area contributed by atoms with Gasteiger partial charge in [0.2, 0.25) is 0 Å². The molecule has 2 aromatic carbocycles. The minimum atomic E-state index is -0.383. The molecule has 0 atom stereocenters. The van der Waals surface area contributed by atoms with Crippen LogP contribution in [0.25, 0.3) is 0 Å². The lowest BCUT2D eigenvalue weighted by atomic mass is 9.86. The molecule has 2 heterocycles. The summed E-state index contributed by atoms with van der Waals surface area (Å²) in [5.41, 5.74) is 6.85. The maximum atomic E-state index is 11.7. The molecular formula is C25H30N2O3. The molecule has 0 radical (unpaired) electrons. The first kappa shape index (κ1) is 20.6. The topological polar surface area (TPSA) is 49.9 Å². The van der Waals surface area contributed by atoms with Crippen LogP contribution in [0, 0.1) is 19.8 Å². The van der Waals surface area contributed by atoms with Crippen molar-refractivity contribution in [3.63, 3.8) is 0 Å². The molecular weight excluding hydrogens is 376 g/mol.